The van der Waals surface area contributed by atoms with E-state index in [2.05, 4.69) is 5.32 Å². The summed E-state index contributed by atoms with van der Waals surface area (Å²) >= 11 is 1.38. The van der Waals surface area contributed by atoms with E-state index < -0.39 is 10.0 Å². The molecule has 3 aromatic carbocycles. The molecule has 33 heavy (non-hydrogen) atoms. The van der Waals surface area contributed by atoms with Crippen LogP contribution in [0, 0.1) is 6.92 Å². The van der Waals surface area contributed by atoms with E-state index in [1.54, 1.807) is 44.4 Å². The van der Waals surface area contributed by atoms with Crippen molar-refractivity contribution in [3.8, 4) is 5.75 Å². The van der Waals surface area contributed by atoms with Gasteiger partial charge in [-0.25, -0.2) is 8.42 Å². The van der Waals surface area contributed by atoms with Crippen LogP contribution in [0.2, 0.25) is 0 Å². The maximum atomic E-state index is 13.2. The highest BCUT2D eigenvalue weighted by Gasteiger charge is 2.23. The van der Waals surface area contributed by atoms with Crippen LogP contribution in [0.3, 0.4) is 0 Å². The number of fused-ring (bicyclic) bond motifs is 1. The fraction of sp³-hybridized carbons (Fsp3) is 0.160. The monoisotopic (exact) mass is 480 g/mol. The molecular formula is C25H24N2O4S2. The van der Waals surface area contributed by atoms with Crippen LogP contribution in [0.1, 0.15) is 20.8 Å². The minimum absolute atomic E-state index is 0.156. The number of hydrogen-bond donors (Lipinski definition) is 1. The number of sulfonamides is 1. The van der Waals surface area contributed by atoms with Gasteiger partial charge in [-0.3, -0.25) is 9.10 Å². The minimum atomic E-state index is -3.76. The summed E-state index contributed by atoms with van der Waals surface area (Å²) in [6.07, 6.45) is 0. The van der Waals surface area contributed by atoms with Crippen molar-refractivity contribution in [1.29, 1.82) is 0 Å². The fourth-order valence-electron chi connectivity index (χ4n) is 3.51. The van der Waals surface area contributed by atoms with Crippen LogP contribution in [0.25, 0.3) is 10.1 Å². The topological polar surface area (TPSA) is 75.7 Å². The SMILES string of the molecule is COc1ccc(S(=O)(=O)N(C)c2ccc3sc(C(=O)NCc4ccccc4)cc3c2)cc1C. The lowest BCUT2D eigenvalue weighted by molar-refractivity contribution is 0.0955. The average Bonchev–Trinajstić information content (AvgIpc) is 3.26. The number of rotatable bonds is 7. The van der Waals surface area contributed by atoms with Gasteiger partial charge in [-0.1, -0.05) is 30.3 Å². The van der Waals surface area contributed by atoms with Crippen molar-refractivity contribution >= 4 is 43.0 Å². The highest BCUT2D eigenvalue weighted by Crippen LogP contribution is 2.32. The molecule has 0 radical (unpaired) electrons. The molecular weight excluding hydrogens is 456 g/mol. The maximum Gasteiger partial charge on any atom is 0.264 e. The molecule has 0 aliphatic carbocycles. The highest BCUT2D eigenvalue weighted by atomic mass is 32.2. The molecule has 0 unspecified atom stereocenters. The number of ether oxygens (including phenoxy) is 1. The summed E-state index contributed by atoms with van der Waals surface area (Å²) in [5.74, 6) is 0.477. The summed E-state index contributed by atoms with van der Waals surface area (Å²) in [6.45, 7) is 2.25. The molecule has 0 atom stereocenters. The molecule has 0 fully saturated rings. The summed E-state index contributed by atoms with van der Waals surface area (Å²) in [4.78, 5) is 13.4. The number of nitrogens with zero attached hydrogens (tertiary/aromatic N) is 1. The lowest BCUT2D eigenvalue weighted by Crippen LogP contribution is -2.26. The Balaban J connectivity index is 1.56. The second kappa shape index (κ2) is 9.25. The van der Waals surface area contributed by atoms with E-state index in [9.17, 15) is 13.2 Å². The average molecular weight is 481 g/mol. The van der Waals surface area contributed by atoms with Crippen LogP contribution < -0.4 is 14.4 Å². The van der Waals surface area contributed by atoms with Crippen molar-refractivity contribution in [3.63, 3.8) is 0 Å². The van der Waals surface area contributed by atoms with E-state index in [0.29, 0.717) is 22.9 Å². The van der Waals surface area contributed by atoms with E-state index in [4.69, 9.17) is 4.74 Å². The molecule has 4 rings (SSSR count). The molecule has 8 heteroatoms. The van der Waals surface area contributed by atoms with Gasteiger partial charge in [0.2, 0.25) is 0 Å². The van der Waals surface area contributed by atoms with Crippen LogP contribution in [0.4, 0.5) is 5.69 Å². The van der Waals surface area contributed by atoms with Gasteiger partial charge in [0.1, 0.15) is 5.75 Å². The summed E-state index contributed by atoms with van der Waals surface area (Å²) in [5.41, 5.74) is 2.28. The maximum absolute atomic E-state index is 13.2. The molecule has 6 nitrogen and oxygen atoms in total. The van der Waals surface area contributed by atoms with Crippen LogP contribution in [-0.4, -0.2) is 28.5 Å². The zero-order chi connectivity index (χ0) is 23.6. The zero-order valence-electron chi connectivity index (χ0n) is 18.5. The van der Waals surface area contributed by atoms with E-state index in [-0.39, 0.29) is 10.8 Å². The molecule has 0 aliphatic rings. The van der Waals surface area contributed by atoms with Crippen molar-refractivity contribution < 1.29 is 17.9 Å². The van der Waals surface area contributed by atoms with Crippen LogP contribution in [0.15, 0.2) is 77.7 Å². The Morgan fingerprint density at radius 3 is 2.48 bits per heavy atom. The summed E-state index contributed by atoms with van der Waals surface area (Å²) in [5, 5.41) is 3.74. The van der Waals surface area contributed by atoms with Gasteiger partial charge in [-0.05, 0) is 65.9 Å². The Morgan fingerprint density at radius 2 is 1.79 bits per heavy atom. The Kier molecular flexibility index (Phi) is 6.40. The van der Waals surface area contributed by atoms with Crippen molar-refractivity contribution in [2.75, 3.05) is 18.5 Å². The van der Waals surface area contributed by atoms with Crippen molar-refractivity contribution in [2.45, 2.75) is 18.4 Å². The smallest absolute Gasteiger partial charge is 0.264 e. The molecule has 4 aromatic rings. The van der Waals surface area contributed by atoms with Gasteiger partial charge in [-0.15, -0.1) is 11.3 Å². The number of methoxy groups -OCH3 is 1. The van der Waals surface area contributed by atoms with Gasteiger partial charge in [-0.2, -0.15) is 0 Å². The molecule has 1 heterocycles. The number of amides is 1. The van der Waals surface area contributed by atoms with Gasteiger partial charge in [0.05, 0.1) is 22.6 Å². The second-order valence-corrected chi connectivity index (χ2v) is 10.7. The number of nitrogens with one attached hydrogen (secondary N) is 1. The van der Waals surface area contributed by atoms with Crippen molar-refractivity contribution in [1.82, 2.24) is 5.32 Å². The largest absolute Gasteiger partial charge is 0.496 e. The standard InChI is InChI=1S/C25H24N2O4S2/c1-17-13-21(10-11-22(17)31-3)33(29,30)27(2)20-9-12-23-19(14-20)15-24(32-23)25(28)26-16-18-7-5-4-6-8-18/h4-15H,16H2,1-3H3,(H,26,28). The van der Waals surface area contributed by atoms with Crippen molar-refractivity contribution in [2.24, 2.45) is 0 Å². The fourth-order valence-corrected chi connectivity index (χ4v) is 5.74. The Bertz CT molecular complexity index is 1410. The number of carbonyl (C=O) groups is 1. The Labute approximate surface area is 197 Å². The normalized spacial score (nSPS) is 11.4. The molecule has 0 aliphatic heterocycles. The first kappa shape index (κ1) is 22.8. The molecule has 0 spiro atoms. The van der Waals surface area contributed by atoms with Gasteiger partial charge < -0.3 is 10.1 Å². The second-order valence-electron chi connectivity index (χ2n) is 7.61. The number of hydrogen-bond acceptors (Lipinski definition) is 5. The van der Waals surface area contributed by atoms with E-state index in [0.717, 1.165) is 21.2 Å². The number of anilines is 1. The van der Waals surface area contributed by atoms with Crippen LogP contribution in [-0.2, 0) is 16.6 Å². The Morgan fingerprint density at radius 1 is 1.03 bits per heavy atom. The zero-order valence-corrected chi connectivity index (χ0v) is 20.2. The predicted molar refractivity (Wildman–Crippen MR) is 133 cm³/mol. The van der Waals surface area contributed by atoms with Crippen LogP contribution in [0.5, 0.6) is 5.75 Å². The number of aryl methyl sites for hydroxylation is 1. The number of thiophene rings is 1. The highest BCUT2D eigenvalue weighted by molar-refractivity contribution is 7.92. The predicted octanol–water partition coefficient (Wildman–Crippen LogP) is 4.97. The first-order valence-corrected chi connectivity index (χ1v) is 12.5. The first-order valence-electron chi connectivity index (χ1n) is 10.3. The number of carbonyl (C=O) groups excluding carboxylic acids is 1. The van der Waals surface area contributed by atoms with E-state index in [1.165, 1.54) is 28.8 Å². The molecule has 1 amide bonds. The molecule has 170 valence electrons. The molecule has 0 bridgehead atoms. The summed E-state index contributed by atoms with van der Waals surface area (Å²) in [6, 6.07) is 21.7. The molecule has 1 aromatic heterocycles. The van der Waals surface area contributed by atoms with Crippen molar-refractivity contribution in [3.05, 3.63) is 88.8 Å². The van der Waals surface area contributed by atoms with Gasteiger partial charge >= 0.3 is 0 Å². The molecule has 1 N–H and O–H groups in total. The van der Waals surface area contributed by atoms with Gasteiger partial charge in [0.15, 0.2) is 0 Å². The van der Waals surface area contributed by atoms with Gasteiger partial charge in [0, 0.05) is 18.3 Å². The first-order chi connectivity index (χ1) is 15.8. The minimum Gasteiger partial charge on any atom is -0.496 e. The number of benzene rings is 3. The third kappa shape index (κ3) is 4.72. The van der Waals surface area contributed by atoms with E-state index in [1.807, 2.05) is 36.4 Å². The molecule has 0 saturated heterocycles. The Hall–Kier alpha value is -3.36. The quantitative estimate of drug-likeness (QED) is 0.405. The summed E-state index contributed by atoms with van der Waals surface area (Å²) < 4.78 is 33.7. The lowest BCUT2D eigenvalue weighted by Gasteiger charge is -2.20. The molecule has 0 saturated carbocycles. The van der Waals surface area contributed by atoms with Gasteiger partial charge in [0.25, 0.3) is 15.9 Å². The lowest BCUT2D eigenvalue weighted by atomic mass is 10.2. The van der Waals surface area contributed by atoms with E-state index >= 15 is 0 Å². The third-order valence-corrected chi connectivity index (χ3v) is 8.30. The van der Waals surface area contributed by atoms with Crippen LogP contribution >= 0.6 is 11.3 Å². The summed E-state index contributed by atoms with van der Waals surface area (Å²) in [7, 11) is -0.681. The third-order valence-electron chi connectivity index (χ3n) is 5.41.